The summed E-state index contributed by atoms with van der Waals surface area (Å²) in [7, 11) is 0. The molecule has 1 rings (SSSR count). The number of aliphatic hydroxyl groups is 2. The van der Waals surface area contributed by atoms with E-state index in [0.29, 0.717) is 6.54 Å². The van der Waals surface area contributed by atoms with Gasteiger partial charge in [-0.15, -0.1) is 0 Å². The van der Waals surface area contributed by atoms with Crippen LogP contribution in [0.3, 0.4) is 0 Å². The summed E-state index contributed by atoms with van der Waals surface area (Å²) >= 11 is 0. The molecule has 1 aromatic heterocycles. The normalized spacial score (nSPS) is 14.6. The molecular formula is C9H16N4O3. The fourth-order valence-electron chi connectivity index (χ4n) is 1.18. The van der Waals surface area contributed by atoms with E-state index in [9.17, 15) is 9.90 Å². The van der Waals surface area contributed by atoms with E-state index in [0.717, 1.165) is 0 Å². The van der Waals surface area contributed by atoms with Gasteiger partial charge in [-0.2, -0.15) is 5.10 Å². The summed E-state index contributed by atoms with van der Waals surface area (Å²) in [5.74, 6) is -0.783. The minimum Gasteiger partial charge on any atom is -0.390 e. The van der Waals surface area contributed by atoms with Gasteiger partial charge in [-0.25, -0.2) is 0 Å². The van der Waals surface area contributed by atoms with Crippen LogP contribution in [0.15, 0.2) is 18.5 Å². The molecule has 0 radical (unpaired) electrons. The van der Waals surface area contributed by atoms with Gasteiger partial charge in [0.25, 0.3) is 0 Å². The van der Waals surface area contributed by atoms with Gasteiger partial charge in [0, 0.05) is 25.5 Å². The van der Waals surface area contributed by atoms with Gasteiger partial charge in [-0.1, -0.05) is 0 Å². The Kier molecular flexibility index (Phi) is 4.90. The Balaban J connectivity index is 2.15. The molecule has 2 unspecified atom stereocenters. The molecule has 5 N–H and O–H groups in total. The van der Waals surface area contributed by atoms with Crippen molar-refractivity contribution in [1.82, 2.24) is 15.1 Å². The van der Waals surface area contributed by atoms with Crippen LogP contribution in [0.2, 0.25) is 0 Å². The zero-order chi connectivity index (χ0) is 12.0. The predicted molar refractivity (Wildman–Crippen MR) is 56.3 cm³/mol. The fourth-order valence-corrected chi connectivity index (χ4v) is 1.18. The van der Waals surface area contributed by atoms with Crippen molar-refractivity contribution in [2.45, 2.75) is 18.8 Å². The van der Waals surface area contributed by atoms with Crippen LogP contribution in [-0.2, 0) is 11.3 Å². The molecule has 0 bridgehead atoms. The average Bonchev–Trinajstić information content (AvgIpc) is 2.70. The monoisotopic (exact) mass is 228 g/mol. The number of nitrogens with one attached hydrogen (secondary N) is 1. The molecule has 1 heterocycles. The standard InChI is InChI=1S/C9H16N4O3/c10-9(16)8(15)5-11-4-7(14)6-13-3-1-2-12-13/h1-3,7-8,11,14-15H,4-6H2,(H2,10,16). The Morgan fingerprint density at radius 3 is 2.81 bits per heavy atom. The minimum absolute atomic E-state index is 0.0332. The second kappa shape index (κ2) is 6.21. The maximum Gasteiger partial charge on any atom is 0.247 e. The molecule has 7 heteroatoms. The average molecular weight is 228 g/mol. The molecule has 0 fully saturated rings. The summed E-state index contributed by atoms with van der Waals surface area (Å²) in [6, 6.07) is 1.76. The van der Waals surface area contributed by atoms with Crippen LogP contribution in [-0.4, -0.2) is 51.2 Å². The third-order valence-electron chi connectivity index (χ3n) is 2.00. The van der Waals surface area contributed by atoms with Crippen molar-refractivity contribution in [3.8, 4) is 0 Å². The number of aromatic nitrogens is 2. The number of rotatable bonds is 7. The molecule has 0 saturated carbocycles. The fraction of sp³-hybridized carbons (Fsp3) is 0.556. The Bertz CT molecular complexity index is 315. The number of amides is 1. The van der Waals surface area contributed by atoms with Gasteiger partial charge >= 0.3 is 0 Å². The first-order valence-corrected chi connectivity index (χ1v) is 4.93. The largest absolute Gasteiger partial charge is 0.390 e. The summed E-state index contributed by atoms with van der Waals surface area (Å²) in [6.07, 6.45) is 1.50. The van der Waals surface area contributed by atoms with Crippen LogP contribution in [0.4, 0.5) is 0 Å². The Hall–Kier alpha value is -1.44. The maximum absolute atomic E-state index is 10.5. The van der Waals surface area contributed by atoms with Crippen LogP contribution < -0.4 is 11.1 Å². The first-order chi connectivity index (χ1) is 7.59. The lowest BCUT2D eigenvalue weighted by Crippen LogP contribution is -2.40. The second-order valence-corrected chi connectivity index (χ2v) is 3.46. The first-order valence-electron chi connectivity index (χ1n) is 4.93. The molecule has 7 nitrogen and oxygen atoms in total. The number of hydrogen-bond acceptors (Lipinski definition) is 5. The van der Waals surface area contributed by atoms with E-state index in [-0.39, 0.29) is 13.1 Å². The third kappa shape index (κ3) is 4.39. The van der Waals surface area contributed by atoms with E-state index < -0.39 is 18.1 Å². The van der Waals surface area contributed by atoms with E-state index in [1.165, 1.54) is 0 Å². The SMILES string of the molecule is NC(=O)C(O)CNCC(O)Cn1cccn1. The molecule has 90 valence electrons. The number of hydrogen-bond donors (Lipinski definition) is 4. The molecule has 1 amide bonds. The molecule has 0 saturated heterocycles. The Morgan fingerprint density at radius 1 is 1.50 bits per heavy atom. The molecular weight excluding hydrogens is 212 g/mol. The summed E-state index contributed by atoms with van der Waals surface area (Å²) in [6.45, 7) is 0.641. The molecule has 0 aromatic carbocycles. The van der Waals surface area contributed by atoms with Gasteiger partial charge in [-0.05, 0) is 6.07 Å². The Labute approximate surface area is 92.9 Å². The number of nitrogens with two attached hydrogens (primary N) is 1. The van der Waals surface area contributed by atoms with Crippen LogP contribution in [0.5, 0.6) is 0 Å². The minimum atomic E-state index is -1.23. The number of nitrogens with zero attached hydrogens (tertiary/aromatic N) is 2. The summed E-state index contributed by atoms with van der Waals surface area (Å²) in [5, 5.41) is 25.3. The van der Waals surface area contributed by atoms with Gasteiger partial charge < -0.3 is 21.3 Å². The maximum atomic E-state index is 10.5. The molecule has 1 aromatic rings. The summed E-state index contributed by atoms with van der Waals surface area (Å²) < 4.78 is 1.59. The van der Waals surface area contributed by atoms with Gasteiger partial charge in [0.15, 0.2) is 0 Å². The van der Waals surface area contributed by atoms with Crippen molar-refractivity contribution < 1.29 is 15.0 Å². The summed E-state index contributed by atoms with van der Waals surface area (Å²) in [5.41, 5.74) is 4.86. The molecule has 0 spiro atoms. The van der Waals surface area contributed by atoms with Gasteiger partial charge in [0.1, 0.15) is 6.10 Å². The van der Waals surface area contributed by atoms with Gasteiger partial charge in [-0.3, -0.25) is 9.48 Å². The highest BCUT2D eigenvalue weighted by Gasteiger charge is 2.11. The lowest BCUT2D eigenvalue weighted by atomic mass is 10.3. The second-order valence-electron chi connectivity index (χ2n) is 3.46. The Morgan fingerprint density at radius 2 is 2.25 bits per heavy atom. The summed E-state index contributed by atoms with van der Waals surface area (Å²) in [4.78, 5) is 10.5. The van der Waals surface area contributed by atoms with Crippen LogP contribution in [0.1, 0.15) is 0 Å². The van der Waals surface area contributed by atoms with Crippen molar-refractivity contribution in [2.75, 3.05) is 13.1 Å². The van der Waals surface area contributed by atoms with E-state index in [2.05, 4.69) is 10.4 Å². The van der Waals surface area contributed by atoms with Gasteiger partial charge in [0.2, 0.25) is 5.91 Å². The van der Waals surface area contributed by atoms with Crippen molar-refractivity contribution in [1.29, 1.82) is 0 Å². The van der Waals surface area contributed by atoms with Crippen LogP contribution in [0, 0.1) is 0 Å². The molecule has 0 aliphatic heterocycles. The highest BCUT2D eigenvalue weighted by Crippen LogP contribution is 1.90. The number of primary amides is 1. The number of carbonyl (C=O) groups excluding carboxylic acids is 1. The number of aliphatic hydroxyl groups excluding tert-OH is 2. The van der Waals surface area contributed by atoms with E-state index >= 15 is 0 Å². The molecule has 0 aliphatic carbocycles. The van der Waals surface area contributed by atoms with Gasteiger partial charge in [0.05, 0.1) is 12.6 Å². The topological polar surface area (TPSA) is 113 Å². The highest BCUT2D eigenvalue weighted by atomic mass is 16.3. The lowest BCUT2D eigenvalue weighted by molar-refractivity contribution is -0.125. The van der Waals surface area contributed by atoms with E-state index in [4.69, 9.17) is 10.8 Å². The van der Waals surface area contributed by atoms with Crippen molar-refractivity contribution in [2.24, 2.45) is 5.73 Å². The van der Waals surface area contributed by atoms with E-state index in [1.54, 1.807) is 23.1 Å². The highest BCUT2D eigenvalue weighted by molar-refractivity contribution is 5.78. The zero-order valence-electron chi connectivity index (χ0n) is 8.78. The lowest BCUT2D eigenvalue weighted by Gasteiger charge is -2.13. The number of carbonyl (C=O) groups is 1. The van der Waals surface area contributed by atoms with E-state index in [1.807, 2.05) is 0 Å². The zero-order valence-corrected chi connectivity index (χ0v) is 8.78. The van der Waals surface area contributed by atoms with Crippen LogP contribution in [0.25, 0.3) is 0 Å². The predicted octanol–water partition coefficient (Wildman–Crippen LogP) is -2.32. The molecule has 0 aliphatic rings. The van der Waals surface area contributed by atoms with Crippen LogP contribution >= 0.6 is 0 Å². The van der Waals surface area contributed by atoms with Crippen molar-refractivity contribution >= 4 is 5.91 Å². The third-order valence-corrected chi connectivity index (χ3v) is 2.00. The smallest absolute Gasteiger partial charge is 0.247 e. The molecule has 16 heavy (non-hydrogen) atoms. The van der Waals surface area contributed by atoms with Crippen molar-refractivity contribution in [3.63, 3.8) is 0 Å². The molecule has 2 atom stereocenters. The van der Waals surface area contributed by atoms with Crippen molar-refractivity contribution in [3.05, 3.63) is 18.5 Å². The first kappa shape index (κ1) is 12.6. The quantitative estimate of drug-likeness (QED) is 0.418.